The number of hydrogen-bond acceptors (Lipinski definition) is 4. The summed E-state index contributed by atoms with van der Waals surface area (Å²) in [6, 6.07) is 1.90. The Balaban J connectivity index is 2.25. The highest BCUT2D eigenvalue weighted by Crippen LogP contribution is 2.11. The first-order chi connectivity index (χ1) is 9.02. The maximum atomic E-state index is 11.5. The van der Waals surface area contributed by atoms with Crippen LogP contribution in [0.4, 0.5) is 4.79 Å². The minimum absolute atomic E-state index is 0.0470. The number of nitrogens with zero attached hydrogens (tertiary/aromatic N) is 2. The lowest BCUT2D eigenvalue weighted by Gasteiger charge is -2.31. The van der Waals surface area contributed by atoms with Crippen LogP contribution in [0.25, 0.3) is 0 Å². The highest BCUT2D eigenvalue weighted by molar-refractivity contribution is 5.78. The van der Waals surface area contributed by atoms with Gasteiger partial charge < -0.3 is 15.0 Å². The molecule has 6 heteroatoms. The number of amides is 2. The lowest BCUT2D eigenvalue weighted by Crippen LogP contribution is -2.46. The van der Waals surface area contributed by atoms with E-state index < -0.39 is 6.09 Å². The van der Waals surface area contributed by atoms with E-state index in [4.69, 9.17) is 10.00 Å². The largest absolute Gasteiger partial charge is 0.449 e. The third-order valence-corrected chi connectivity index (χ3v) is 2.95. The van der Waals surface area contributed by atoms with Gasteiger partial charge in [-0.15, -0.1) is 0 Å². The highest BCUT2D eigenvalue weighted by Gasteiger charge is 2.23. The van der Waals surface area contributed by atoms with Crippen LogP contribution >= 0.6 is 0 Å². The molecule has 0 aliphatic carbocycles. The number of likely N-dealkylation sites (tertiary alicyclic amines) is 1. The molecule has 0 atom stereocenters. The predicted molar refractivity (Wildman–Crippen MR) is 69.2 cm³/mol. The molecule has 2 amide bonds. The van der Waals surface area contributed by atoms with Gasteiger partial charge in [-0.25, -0.2) is 4.79 Å². The van der Waals surface area contributed by atoms with Crippen molar-refractivity contribution in [3.8, 4) is 6.07 Å². The van der Waals surface area contributed by atoms with E-state index in [-0.39, 0.29) is 18.4 Å². The van der Waals surface area contributed by atoms with Gasteiger partial charge in [-0.05, 0) is 18.8 Å². The van der Waals surface area contributed by atoms with Crippen molar-refractivity contribution in [1.29, 1.82) is 5.26 Å². The number of rotatable bonds is 4. The molecule has 1 saturated heterocycles. The summed E-state index contributed by atoms with van der Waals surface area (Å²) in [4.78, 5) is 24.6. The molecular formula is C13H21N3O3. The number of carbonyl (C=O) groups is 2. The first-order valence-electron chi connectivity index (χ1n) is 6.61. The number of ether oxygens (including phenoxy) is 1. The van der Waals surface area contributed by atoms with Crippen LogP contribution in [0.2, 0.25) is 0 Å². The van der Waals surface area contributed by atoms with E-state index in [1.807, 2.05) is 19.9 Å². The summed E-state index contributed by atoms with van der Waals surface area (Å²) >= 11 is 0. The first kappa shape index (κ1) is 15.3. The Morgan fingerprint density at radius 1 is 1.42 bits per heavy atom. The molecular weight excluding hydrogens is 246 g/mol. The van der Waals surface area contributed by atoms with Crippen LogP contribution in [0.15, 0.2) is 0 Å². The number of nitrogens with one attached hydrogen (secondary N) is 1. The summed E-state index contributed by atoms with van der Waals surface area (Å²) in [6.07, 6.45) is 0.937. The van der Waals surface area contributed by atoms with Crippen LogP contribution in [-0.2, 0) is 9.53 Å². The summed E-state index contributed by atoms with van der Waals surface area (Å²) in [5.41, 5.74) is 0. The maximum absolute atomic E-state index is 11.5. The molecule has 0 spiro atoms. The van der Waals surface area contributed by atoms with Gasteiger partial charge in [0.15, 0.2) is 0 Å². The minimum atomic E-state index is -0.393. The molecule has 0 radical (unpaired) electrons. The van der Waals surface area contributed by atoms with Crippen molar-refractivity contribution in [2.75, 3.05) is 19.7 Å². The Labute approximate surface area is 113 Å². The molecule has 6 nitrogen and oxygen atoms in total. The molecule has 1 rings (SSSR count). The fourth-order valence-electron chi connectivity index (χ4n) is 1.90. The van der Waals surface area contributed by atoms with Crippen molar-refractivity contribution in [3.05, 3.63) is 0 Å². The number of carbonyl (C=O) groups excluding carboxylic acids is 2. The van der Waals surface area contributed by atoms with Crippen LogP contribution in [0.1, 0.15) is 33.1 Å². The molecule has 1 N–H and O–H groups in total. The van der Waals surface area contributed by atoms with Crippen molar-refractivity contribution >= 4 is 12.0 Å². The monoisotopic (exact) mass is 267 g/mol. The molecule has 0 aromatic carbocycles. The Hall–Kier alpha value is -1.77. The third-order valence-electron chi connectivity index (χ3n) is 2.95. The molecule has 0 unspecified atom stereocenters. The number of alkyl carbamates (subject to hydrolysis) is 1. The quantitative estimate of drug-likeness (QED) is 0.831. The van der Waals surface area contributed by atoms with E-state index in [1.54, 1.807) is 4.90 Å². The van der Waals surface area contributed by atoms with Crippen molar-refractivity contribution in [2.45, 2.75) is 39.2 Å². The smallest absolute Gasteiger partial charge is 0.407 e. The van der Waals surface area contributed by atoms with Gasteiger partial charge in [-0.2, -0.15) is 5.26 Å². The molecule has 106 valence electrons. The van der Waals surface area contributed by atoms with Crippen LogP contribution in [0.5, 0.6) is 0 Å². The fraction of sp³-hybridized carbons (Fsp3) is 0.769. The zero-order valence-electron chi connectivity index (χ0n) is 11.5. The van der Waals surface area contributed by atoms with E-state index >= 15 is 0 Å². The van der Waals surface area contributed by atoms with Crippen molar-refractivity contribution in [1.82, 2.24) is 10.2 Å². The van der Waals surface area contributed by atoms with Gasteiger partial charge in [-0.1, -0.05) is 13.8 Å². The van der Waals surface area contributed by atoms with Gasteiger partial charge in [0.1, 0.15) is 6.42 Å². The second kappa shape index (κ2) is 7.62. The Morgan fingerprint density at radius 3 is 2.58 bits per heavy atom. The zero-order valence-corrected chi connectivity index (χ0v) is 11.5. The maximum Gasteiger partial charge on any atom is 0.407 e. The lowest BCUT2D eigenvalue weighted by molar-refractivity contribution is -0.131. The highest BCUT2D eigenvalue weighted by atomic mass is 16.5. The molecule has 19 heavy (non-hydrogen) atoms. The summed E-state index contributed by atoms with van der Waals surface area (Å²) in [5.74, 6) is 0.180. The summed E-state index contributed by atoms with van der Waals surface area (Å²) in [7, 11) is 0. The van der Waals surface area contributed by atoms with Gasteiger partial charge >= 0.3 is 6.09 Å². The zero-order chi connectivity index (χ0) is 14.3. The van der Waals surface area contributed by atoms with Crippen molar-refractivity contribution < 1.29 is 14.3 Å². The van der Waals surface area contributed by atoms with E-state index in [1.165, 1.54) is 0 Å². The summed E-state index contributed by atoms with van der Waals surface area (Å²) in [5, 5.41) is 11.3. The van der Waals surface area contributed by atoms with Gasteiger partial charge in [0, 0.05) is 19.1 Å². The van der Waals surface area contributed by atoms with E-state index in [0.29, 0.717) is 38.5 Å². The molecule has 0 bridgehead atoms. The standard InChI is InChI=1S/C13H21N3O3/c1-10(2)9-19-13(18)15-11-4-7-16(8-5-11)12(17)3-6-14/h10-11H,3-5,7-9H2,1-2H3,(H,15,18). The fourth-order valence-corrected chi connectivity index (χ4v) is 1.90. The van der Waals surface area contributed by atoms with Crippen molar-refractivity contribution in [2.24, 2.45) is 5.92 Å². The average molecular weight is 267 g/mol. The predicted octanol–water partition coefficient (Wildman–Crippen LogP) is 1.27. The Bertz CT molecular complexity index is 355. The third kappa shape index (κ3) is 5.60. The van der Waals surface area contributed by atoms with Crippen LogP contribution in [0, 0.1) is 17.2 Å². The van der Waals surface area contributed by atoms with Crippen LogP contribution < -0.4 is 5.32 Å². The van der Waals surface area contributed by atoms with Gasteiger partial charge in [-0.3, -0.25) is 4.79 Å². The Kier molecular flexibility index (Phi) is 6.13. The molecule has 0 aromatic rings. The van der Waals surface area contributed by atoms with Crippen molar-refractivity contribution in [3.63, 3.8) is 0 Å². The number of nitriles is 1. The van der Waals surface area contributed by atoms with Crippen LogP contribution in [0.3, 0.4) is 0 Å². The minimum Gasteiger partial charge on any atom is -0.449 e. The molecule has 0 saturated carbocycles. The topological polar surface area (TPSA) is 82.4 Å². The lowest BCUT2D eigenvalue weighted by atomic mass is 10.1. The van der Waals surface area contributed by atoms with E-state index in [2.05, 4.69) is 5.32 Å². The molecule has 0 aromatic heterocycles. The molecule has 1 aliphatic heterocycles. The number of hydrogen-bond donors (Lipinski definition) is 1. The SMILES string of the molecule is CC(C)COC(=O)NC1CCN(C(=O)CC#N)CC1. The van der Waals surface area contributed by atoms with E-state index in [9.17, 15) is 9.59 Å². The summed E-state index contributed by atoms with van der Waals surface area (Å²) in [6.45, 7) is 5.52. The molecule has 1 fully saturated rings. The van der Waals surface area contributed by atoms with Gasteiger partial charge in [0.25, 0.3) is 0 Å². The average Bonchev–Trinajstić information content (AvgIpc) is 2.37. The normalized spacial score (nSPS) is 16.0. The summed E-state index contributed by atoms with van der Waals surface area (Å²) < 4.78 is 5.05. The second-order valence-corrected chi connectivity index (χ2v) is 5.13. The number of piperidine rings is 1. The van der Waals surface area contributed by atoms with Crippen LogP contribution in [-0.4, -0.2) is 42.6 Å². The van der Waals surface area contributed by atoms with Gasteiger partial charge in [0.05, 0.1) is 12.7 Å². The Morgan fingerprint density at radius 2 is 2.05 bits per heavy atom. The second-order valence-electron chi connectivity index (χ2n) is 5.13. The first-order valence-corrected chi connectivity index (χ1v) is 6.61. The van der Waals surface area contributed by atoms with E-state index in [0.717, 1.165) is 0 Å². The molecule has 1 heterocycles. The van der Waals surface area contributed by atoms with Gasteiger partial charge in [0.2, 0.25) is 5.91 Å². The molecule has 1 aliphatic rings.